The standard InChI is InChI=1S/C13H10BrIN2O3/c14-9-1-3-10(4-2-9)19-8-13(18)17-16-7-11-5-6-12(15)20-11/h1-7H,8H2,(H,17,18)/b16-7-. The van der Waals surface area contributed by atoms with Crippen LogP contribution in [0.5, 0.6) is 5.75 Å². The first-order valence-electron chi connectivity index (χ1n) is 5.59. The maximum Gasteiger partial charge on any atom is 0.277 e. The Bertz CT molecular complexity index is 610. The number of carbonyl (C=O) groups excluding carboxylic acids is 1. The van der Waals surface area contributed by atoms with Crippen LogP contribution in [0.1, 0.15) is 5.76 Å². The Labute approximate surface area is 137 Å². The van der Waals surface area contributed by atoms with Crippen molar-refractivity contribution in [2.24, 2.45) is 5.10 Å². The van der Waals surface area contributed by atoms with Gasteiger partial charge in [0.2, 0.25) is 0 Å². The Kier molecular flexibility index (Phi) is 5.60. The molecule has 1 aromatic carbocycles. The Morgan fingerprint density at radius 3 is 2.75 bits per heavy atom. The molecule has 2 rings (SSSR count). The Morgan fingerprint density at radius 1 is 1.35 bits per heavy atom. The Balaban J connectivity index is 1.75. The molecule has 104 valence electrons. The van der Waals surface area contributed by atoms with Crippen LogP contribution >= 0.6 is 38.5 Å². The summed E-state index contributed by atoms with van der Waals surface area (Å²) in [6.07, 6.45) is 1.43. The van der Waals surface area contributed by atoms with E-state index >= 15 is 0 Å². The second kappa shape index (κ2) is 7.44. The average molecular weight is 449 g/mol. The number of hydrazone groups is 1. The van der Waals surface area contributed by atoms with Gasteiger partial charge in [-0.1, -0.05) is 15.9 Å². The summed E-state index contributed by atoms with van der Waals surface area (Å²) in [5.74, 6) is 0.849. The molecule has 20 heavy (non-hydrogen) atoms. The van der Waals surface area contributed by atoms with E-state index in [0.717, 1.165) is 8.24 Å². The first-order valence-corrected chi connectivity index (χ1v) is 7.46. The molecule has 1 aromatic heterocycles. The van der Waals surface area contributed by atoms with E-state index in [0.29, 0.717) is 11.5 Å². The third-order valence-electron chi connectivity index (χ3n) is 2.16. The minimum absolute atomic E-state index is 0.103. The van der Waals surface area contributed by atoms with Gasteiger partial charge in [0.25, 0.3) is 5.91 Å². The largest absolute Gasteiger partial charge is 0.484 e. The lowest BCUT2D eigenvalue weighted by Gasteiger charge is -2.04. The molecule has 1 heterocycles. The van der Waals surface area contributed by atoms with Gasteiger partial charge in [-0.3, -0.25) is 4.79 Å². The summed E-state index contributed by atoms with van der Waals surface area (Å²) in [5, 5.41) is 3.77. The molecule has 0 spiro atoms. The minimum atomic E-state index is -0.342. The molecule has 0 aliphatic rings. The molecule has 0 bridgehead atoms. The first kappa shape index (κ1) is 15.0. The van der Waals surface area contributed by atoms with Crippen LogP contribution in [0.3, 0.4) is 0 Å². The van der Waals surface area contributed by atoms with Crippen molar-refractivity contribution < 1.29 is 13.9 Å². The van der Waals surface area contributed by atoms with E-state index in [-0.39, 0.29) is 12.5 Å². The Morgan fingerprint density at radius 2 is 2.10 bits per heavy atom. The fourth-order valence-electron chi connectivity index (χ4n) is 1.28. The van der Waals surface area contributed by atoms with Gasteiger partial charge in [0.1, 0.15) is 11.5 Å². The second-order valence-corrected chi connectivity index (χ2v) is 5.66. The maximum atomic E-state index is 11.5. The van der Waals surface area contributed by atoms with Gasteiger partial charge in [0.05, 0.1) is 6.21 Å². The molecule has 7 heteroatoms. The van der Waals surface area contributed by atoms with Gasteiger partial charge < -0.3 is 9.15 Å². The van der Waals surface area contributed by atoms with Crippen LogP contribution < -0.4 is 10.2 Å². The summed E-state index contributed by atoms with van der Waals surface area (Å²) in [5.41, 5.74) is 2.36. The lowest BCUT2D eigenvalue weighted by atomic mass is 10.3. The topological polar surface area (TPSA) is 63.8 Å². The molecule has 1 amide bonds. The molecule has 0 unspecified atom stereocenters. The van der Waals surface area contributed by atoms with Gasteiger partial charge in [-0.2, -0.15) is 5.10 Å². The fourth-order valence-corrected chi connectivity index (χ4v) is 1.98. The maximum absolute atomic E-state index is 11.5. The number of nitrogens with one attached hydrogen (secondary N) is 1. The molecule has 0 aliphatic carbocycles. The molecule has 0 aliphatic heterocycles. The minimum Gasteiger partial charge on any atom is -0.484 e. The highest BCUT2D eigenvalue weighted by atomic mass is 127. The van der Waals surface area contributed by atoms with Gasteiger partial charge in [-0.25, -0.2) is 5.43 Å². The number of nitrogens with zero attached hydrogens (tertiary/aromatic N) is 1. The summed E-state index contributed by atoms with van der Waals surface area (Å²) >= 11 is 5.37. The zero-order valence-electron chi connectivity index (χ0n) is 10.2. The number of furan rings is 1. The Hall–Kier alpha value is -1.35. The molecule has 1 N–H and O–H groups in total. The molecule has 0 atom stereocenters. The second-order valence-electron chi connectivity index (χ2n) is 3.68. The number of hydrogen-bond acceptors (Lipinski definition) is 4. The first-order chi connectivity index (χ1) is 9.63. The zero-order chi connectivity index (χ0) is 14.4. The van der Waals surface area contributed by atoms with Crippen LogP contribution in [0.25, 0.3) is 0 Å². The normalized spacial score (nSPS) is 10.7. The van der Waals surface area contributed by atoms with Crippen LogP contribution in [0.4, 0.5) is 0 Å². The fraction of sp³-hybridized carbons (Fsp3) is 0.0769. The highest BCUT2D eigenvalue weighted by molar-refractivity contribution is 14.1. The molecule has 0 saturated heterocycles. The number of benzene rings is 1. The zero-order valence-corrected chi connectivity index (χ0v) is 13.9. The van der Waals surface area contributed by atoms with Gasteiger partial charge in [0, 0.05) is 4.47 Å². The predicted molar refractivity (Wildman–Crippen MR) is 86.8 cm³/mol. The summed E-state index contributed by atoms with van der Waals surface area (Å²) in [7, 11) is 0. The highest BCUT2D eigenvalue weighted by Gasteiger charge is 2.01. The van der Waals surface area contributed by atoms with Crippen molar-refractivity contribution in [3.05, 3.63) is 50.4 Å². The number of hydrogen-bond donors (Lipinski definition) is 1. The average Bonchev–Trinajstić information content (AvgIpc) is 2.84. The van der Waals surface area contributed by atoms with Crippen molar-refractivity contribution in [1.29, 1.82) is 0 Å². The van der Waals surface area contributed by atoms with E-state index in [1.54, 1.807) is 24.3 Å². The van der Waals surface area contributed by atoms with E-state index in [4.69, 9.17) is 9.15 Å². The predicted octanol–water partition coefficient (Wildman–Crippen LogP) is 3.18. The van der Waals surface area contributed by atoms with Crippen molar-refractivity contribution in [3.63, 3.8) is 0 Å². The summed E-state index contributed by atoms with van der Waals surface area (Å²) < 4.78 is 12.3. The van der Waals surface area contributed by atoms with Gasteiger partial charge >= 0.3 is 0 Å². The number of carbonyl (C=O) groups is 1. The van der Waals surface area contributed by atoms with E-state index in [2.05, 4.69) is 26.5 Å². The number of rotatable bonds is 5. The van der Waals surface area contributed by atoms with Crippen LogP contribution in [0.2, 0.25) is 0 Å². The number of amides is 1. The van der Waals surface area contributed by atoms with Crippen molar-refractivity contribution >= 4 is 50.6 Å². The molecule has 0 radical (unpaired) electrons. The van der Waals surface area contributed by atoms with E-state index in [9.17, 15) is 4.79 Å². The van der Waals surface area contributed by atoms with E-state index < -0.39 is 0 Å². The van der Waals surface area contributed by atoms with E-state index in [1.807, 2.05) is 34.7 Å². The molecule has 2 aromatic rings. The van der Waals surface area contributed by atoms with Crippen molar-refractivity contribution in [2.45, 2.75) is 0 Å². The number of ether oxygens (including phenoxy) is 1. The van der Waals surface area contributed by atoms with E-state index in [1.165, 1.54) is 6.21 Å². The third-order valence-corrected chi connectivity index (χ3v) is 3.27. The number of halogens is 2. The van der Waals surface area contributed by atoms with Crippen molar-refractivity contribution in [3.8, 4) is 5.75 Å². The lowest BCUT2D eigenvalue weighted by Crippen LogP contribution is -2.24. The van der Waals surface area contributed by atoms with Gasteiger partial charge in [0.15, 0.2) is 10.4 Å². The smallest absolute Gasteiger partial charge is 0.277 e. The monoisotopic (exact) mass is 448 g/mol. The molecular formula is C13H10BrIN2O3. The highest BCUT2D eigenvalue weighted by Crippen LogP contribution is 2.15. The lowest BCUT2D eigenvalue weighted by molar-refractivity contribution is -0.123. The summed E-state index contributed by atoms with van der Waals surface area (Å²) in [4.78, 5) is 11.5. The van der Waals surface area contributed by atoms with Crippen LogP contribution in [0.15, 0.2) is 50.4 Å². The molecule has 0 saturated carbocycles. The molecule has 0 fully saturated rings. The quantitative estimate of drug-likeness (QED) is 0.434. The SMILES string of the molecule is O=C(COc1ccc(Br)cc1)N/N=C\c1ccc(I)o1. The van der Waals surface area contributed by atoms with Gasteiger partial charge in [-0.05, 0) is 59.0 Å². The molecular weight excluding hydrogens is 439 g/mol. The third kappa shape index (κ3) is 4.97. The molecule has 5 nitrogen and oxygen atoms in total. The van der Waals surface area contributed by atoms with Crippen molar-refractivity contribution in [2.75, 3.05) is 6.61 Å². The van der Waals surface area contributed by atoms with Gasteiger partial charge in [-0.15, -0.1) is 0 Å². The van der Waals surface area contributed by atoms with Crippen LogP contribution in [-0.4, -0.2) is 18.7 Å². The van der Waals surface area contributed by atoms with Crippen LogP contribution in [0, 0.1) is 3.77 Å². The summed E-state index contributed by atoms with van der Waals surface area (Å²) in [6.45, 7) is -0.103. The van der Waals surface area contributed by atoms with Crippen LogP contribution in [-0.2, 0) is 4.79 Å². The van der Waals surface area contributed by atoms with Crippen molar-refractivity contribution in [1.82, 2.24) is 5.43 Å². The summed E-state index contributed by atoms with van der Waals surface area (Å²) in [6, 6.07) is 10.8.